The number of nitrogens with zero attached hydrogens (tertiary/aromatic N) is 3. The molecule has 0 bridgehead atoms. The van der Waals surface area contributed by atoms with E-state index in [-0.39, 0.29) is 0 Å². The zero-order chi connectivity index (χ0) is 35.8. The van der Waals surface area contributed by atoms with Gasteiger partial charge in [-0.1, -0.05) is 176 Å². The van der Waals surface area contributed by atoms with Crippen LogP contribution >= 0.6 is 0 Å². The molecule has 0 aliphatic heterocycles. The van der Waals surface area contributed by atoms with Crippen molar-refractivity contribution in [3.8, 4) is 67.3 Å². The summed E-state index contributed by atoms with van der Waals surface area (Å²) in [4.78, 5) is 15.5. The molecule has 0 spiro atoms. The molecule has 0 unspecified atom stereocenters. The fourth-order valence-electron chi connectivity index (χ4n) is 7.43. The first-order valence-corrected chi connectivity index (χ1v) is 18.3. The smallest absolute Gasteiger partial charge is 0.0972 e. The fourth-order valence-corrected chi connectivity index (χ4v) is 7.43. The molecule has 0 saturated carbocycles. The Labute approximate surface area is 313 Å². The fraction of sp³-hybridized carbons (Fsp3) is 0. The summed E-state index contributed by atoms with van der Waals surface area (Å²) in [6, 6.07) is 70.3. The zero-order valence-corrected chi connectivity index (χ0v) is 29.4. The first-order valence-electron chi connectivity index (χ1n) is 18.3. The normalized spacial score (nSPS) is 11.3. The summed E-state index contributed by atoms with van der Waals surface area (Å²) in [5.41, 5.74) is 14.5. The van der Waals surface area contributed by atoms with Crippen LogP contribution in [0.1, 0.15) is 0 Å². The van der Waals surface area contributed by atoms with Crippen molar-refractivity contribution < 1.29 is 0 Å². The highest BCUT2D eigenvalue weighted by molar-refractivity contribution is 6.04. The Morgan fingerprint density at radius 1 is 0.241 bits per heavy atom. The van der Waals surface area contributed by atoms with Gasteiger partial charge in [-0.05, 0) is 57.3 Å². The third-order valence-corrected chi connectivity index (χ3v) is 10.3. The van der Waals surface area contributed by atoms with Gasteiger partial charge in [-0.3, -0.25) is 0 Å². The Hall–Kier alpha value is -7.23. The lowest BCUT2D eigenvalue weighted by molar-refractivity contribution is 1.32. The number of aromatic nitrogens is 3. The van der Waals surface area contributed by atoms with Crippen LogP contribution in [0.4, 0.5) is 0 Å². The molecular formula is C51H33N3. The van der Waals surface area contributed by atoms with Crippen molar-refractivity contribution in [2.24, 2.45) is 0 Å². The van der Waals surface area contributed by atoms with Crippen LogP contribution in [0.25, 0.3) is 99.9 Å². The van der Waals surface area contributed by atoms with Gasteiger partial charge in [0.2, 0.25) is 0 Å². The molecule has 7 aromatic carbocycles. The minimum Gasteiger partial charge on any atom is -0.248 e. The first-order chi connectivity index (χ1) is 26.7. The predicted molar refractivity (Wildman–Crippen MR) is 225 cm³/mol. The van der Waals surface area contributed by atoms with Crippen molar-refractivity contribution in [2.75, 3.05) is 0 Å². The molecule has 0 aliphatic rings. The van der Waals surface area contributed by atoms with E-state index in [0.717, 1.165) is 78.0 Å². The Morgan fingerprint density at radius 3 is 1.26 bits per heavy atom. The molecule has 252 valence electrons. The van der Waals surface area contributed by atoms with Gasteiger partial charge >= 0.3 is 0 Å². The molecule has 0 atom stereocenters. The van der Waals surface area contributed by atoms with E-state index in [1.54, 1.807) is 0 Å². The lowest BCUT2D eigenvalue weighted by atomic mass is 9.97. The van der Waals surface area contributed by atoms with Crippen LogP contribution in [0.15, 0.2) is 200 Å². The lowest BCUT2D eigenvalue weighted by Gasteiger charge is -2.11. The van der Waals surface area contributed by atoms with Crippen molar-refractivity contribution >= 4 is 32.6 Å². The van der Waals surface area contributed by atoms with Gasteiger partial charge < -0.3 is 0 Å². The highest BCUT2D eigenvalue weighted by Crippen LogP contribution is 2.34. The summed E-state index contributed by atoms with van der Waals surface area (Å²) in [5, 5.41) is 4.64. The molecule has 0 radical (unpaired) electrons. The molecule has 54 heavy (non-hydrogen) atoms. The SMILES string of the molecule is c1ccc(-c2cc(-c3ccc(-c4ccc5ccc6ccc(-c7ccc(-c8cccc9ccccc89)cc7)nc6c5n4)cc3)cc(-c3ccccc3)n2)cc1. The minimum absolute atomic E-state index is 0.900. The minimum atomic E-state index is 0.900. The summed E-state index contributed by atoms with van der Waals surface area (Å²) in [6.45, 7) is 0. The molecule has 3 nitrogen and oxygen atoms in total. The maximum Gasteiger partial charge on any atom is 0.0972 e. The highest BCUT2D eigenvalue weighted by Gasteiger charge is 2.12. The van der Waals surface area contributed by atoms with E-state index in [1.165, 1.54) is 21.9 Å². The second-order valence-corrected chi connectivity index (χ2v) is 13.6. The van der Waals surface area contributed by atoms with Gasteiger partial charge in [-0.25, -0.2) is 15.0 Å². The number of hydrogen-bond acceptors (Lipinski definition) is 3. The number of fused-ring (bicyclic) bond motifs is 4. The van der Waals surface area contributed by atoms with E-state index in [4.69, 9.17) is 15.0 Å². The van der Waals surface area contributed by atoms with E-state index in [9.17, 15) is 0 Å². The van der Waals surface area contributed by atoms with E-state index in [2.05, 4.69) is 188 Å². The van der Waals surface area contributed by atoms with Gasteiger partial charge in [-0.2, -0.15) is 0 Å². The summed E-state index contributed by atoms with van der Waals surface area (Å²) >= 11 is 0. The Morgan fingerprint density at radius 2 is 0.685 bits per heavy atom. The number of rotatable bonds is 6. The molecule has 10 rings (SSSR count). The van der Waals surface area contributed by atoms with Crippen molar-refractivity contribution in [3.63, 3.8) is 0 Å². The molecule has 3 heteroatoms. The summed E-state index contributed by atoms with van der Waals surface area (Å²) in [7, 11) is 0. The highest BCUT2D eigenvalue weighted by atomic mass is 14.8. The van der Waals surface area contributed by atoms with Gasteiger partial charge in [0, 0.05) is 33.0 Å². The quantitative estimate of drug-likeness (QED) is 0.163. The van der Waals surface area contributed by atoms with E-state index < -0.39 is 0 Å². The molecule has 10 aromatic rings. The van der Waals surface area contributed by atoms with E-state index in [0.29, 0.717) is 0 Å². The Bertz CT molecular complexity index is 2890. The third-order valence-electron chi connectivity index (χ3n) is 10.3. The van der Waals surface area contributed by atoms with Crippen molar-refractivity contribution in [1.82, 2.24) is 15.0 Å². The van der Waals surface area contributed by atoms with E-state index >= 15 is 0 Å². The number of benzene rings is 7. The maximum absolute atomic E-state index is 5.23. The van der Waals surface area contributed by atoms with Crippen LogP contribution in [0, 0.1) is 0 Å². The molecule has 0 N–H and O–H groups in total. The average molecular weight is 688 g/mol. The Balaban J connectivity index is 0.992. The largest absolute Gasteiger partial charge is 0.248 e. The van der Waals surface area contributed by atoms with Crippen LogP contribution in [0.3, 0.4) is 0 Å². The topological polar surface area (TPSA) is 38.7 Å². The van der Waals surface area contributed by atoms with Crippen LogP contribution in [0.2, 0.25) is 0 Å². The molecule has 0 amide bonds. The molecule has 3 heterocycles. The van der Waals surface area contributed by atoms with E-state index in [1.807, 2.05) is 12.1 Å². The van der Waals surface area contributed by atoms with Crippen molar-refractivity contribution in [1.29, 1.82) is 0 Å². The van der Waals surface area contributed by atoms with Gasteiger partial charge in [0.1, 0.15) is 0 Å². The number of hydrogen-bond donors (Lipinski definition) is 0. The van der Waals surface area contributed by atoms with Gasteiger partial charge in [0.25, 0.3) is 0 Å². The monoisotopic (exact) mass is 687 g/mol. The predicted octanol–water partition coefficient (Wildman–Crippen LogP) is 13.3. The second kappa shape index (κ2) is 13.4. The van der Waals surface area contributed by atoms with Crippen LogP contribution in [0.5, 0.6) is 0 Å². The molecule has 3 aromatic heterocycles. The molecular weight excluding hydrogens is 655 g/mol. The van der Waals surface area contributed by atoms with Crippen LogP contribution < -0.4 is 0 Å². The van der Waals surface area contributed by atoms with Crippen LogP contribution in [-0.2, 0) is 0 Å². The van der Waals surface area contributed by atoms with Crippen molar-refractivity contribution in [2.45, 2.75) is 0 Å². The lowest BCUT2D eigenvalue weighted by Crippen LogP contribution is -1.92. The number of pyridine rings is 3. The Kier molecular flexibility index (Phi) is 7.81. The standard InChI is InChI=1S/C51H33N3/c1-3-11-37(12-4-1)48-32-43(33-49(52-48)38-13-5-2-6-14-38)34-18-22-39(23-19-34)46-30-28-41-26-27-42-29-31-47(54-51(42)50(41)53-46)40-24-20-36(21-25-40)45-17-9-15-35-10-7-8-16-44(35)45/h1-33H. The molecule has 0 fully saturated rings. The van der Waals surface area contributed by atoms with Crippen LogP contribution in [-0.4, -0.2) is 15.0 Å². The third kappa shape index (κ3) is 5.88. The summed E-state index contributed by atoms with van der Waals surface area (Å²) in [6.07, 6.45) is 0. The molecule has 0 saturated heterocycles. The zero-order valence-electron chi connectivity index (χ0n) is 29.4. The average Bonchev–Trinajstić information content (AvgIpc) is 3.26. The van der Waals surface area contributed by atoms with Gasteiger partial charge in [0.05, 0.1) is 33.8 Å². The van der Waals surface area contributed by atoms with Gasteiger partial charge in [-0.15, -0.1) is 0 Å². The second-order valence-electron chi connectivity index (χ2n) is 13.6. The van der Waals surface area contributed by atoms with Crippen molar-refractivity contribution in [3.05, 3.63) is 200 Å². The maximum atomic E-state index is 5.23. The summed E-state index contributed by atoms with van der Waals surface area (Å²) in [5.74, 6) is 0. The summed E-state index contributed by atoms with van der Waals surface area (Å²) < 4.78 is 0. The molecule has 0 aliphatic carbocycles. The first kappa shape index (κ1) is 31.5. The van der Waals surface area contributed by atoms with Gasteiger partial charge in [0.15, 0.2) is 0 Å².